The van der Waals surface area contributed by atoms with Crippen molar-refractivity contribution in [1.82, 2.24) is 10.6 Å². The van der Waals surface area contributed by atoms with Crippen molar-refractivity contribution in [3.8, 4) is 0 Å². The van der Waals surface area contributed by atoms with Crippen molar-refractivity contribution in [1.29, 1.82) is 0 Å². The summed E-state index contributed by atoms with van der Waals surface area (Å²) in [5.41, 5.74) is 4.38. The Morgan fingerprint density at radius 2 is 2.18 bits per heavy atom. The van der Waals surface area contributed by atoms with E-state index >= 15 is 0 Å². The Hall–Kier alpha value is -0.910. The van der Waals surface area contributed by atoms with Crippen LogP contribution in [0.15, 0.2) is 11.9 Å². The van der Waals surface area contributed by atoms with E-state index in [0.717, 1.165) is 6.20 Å². The van der Waals surface area contributed by atoms with E-state index in [1.165, 1.54) is 0 Å². The Morgan fingerprint density at radius 1 is 1.55 bits per heavy atom. The first-order valence-corrected chi connectivity index (χ1v) is 3.03. The highest BCUT2D eigenvalue weighted by molar-refractivity contribution is 5.09. The second kappa shape index (κ2) is 2.61. The van der Waals surface area contributed by atoms with Gasteiger partial charge in [0.2, 0.25) is 0 Å². The van der Waals surface area contributed by atoms with Gasteiger partial charge < -0.3 is 16.4 Å². The van der Waals surface area contributed by atoms with Crippen LogP contribution in [0.25, 0.3) is 0 Å². The van der Waals surface area contributed by atoms with E-state index in [0.29, 0.717) is 6.54 Å². The molecule has 0 saturated carbocycles. The summed E-state index contributed by atoms with van der Waals surface area (Å²) in [5.74, 6) is 0. The molecule has 6 heteroatoms. The van der Waals surface area contributed by atoms with Crippen molar-refractivity contribution in [2.45, 2.75) is 12.3 Å². The molecule has 0 aliphatic carbocycles. The zero-order chi connectivity index (χ0) is 8.48. The summed E-state index contributed by atoms with van der Waals surface area (Å²) in [6, 6.07) is 0. The standard InChI is InChI=1S/C5H8F3N3/c6-5(7,8)3-1-10-2-4(9)11-3/h1,4,10-11H,2,9H2. The lowest BCUT2D eigenvalue weighted by molar-refractivity contribution is -0.0990. The van der Waals surface area contributed by atoms with E-state index < -0.39 is 18.0 Å². The number of hydrogen-bond acceptors (Lipinski definition) is 3. The van der Waals surface area contributed by atoms with Crippen LogP contribution in [0.2, 0.25) is 0 Å². The second-order valence-electron chi connectivity index (χ2n) is 2.21. The largest absolute Gasteiger partial charge is 0.432 e. The SMILES string of the molecule is NC1CNC=C(C(F)(F)F)N1. The van der Waals surface area contributed by atoms with Crippen molar-refractivity contribution in [2.24, 2.45) is 5.73 Å². The first-order chi connectivity index (χ1) is 5.00. The van der Waals surface area contributed by atoms with Crippen molar-refractivity contribution in [3.63, 3.8) is 0 Å². The minimum Gasteiger partial charge on any atom is -0.386 e. The van der Waals surface area contributed by atoms with E-state index in [1.807, 2.05) is 0 Å². The number of allylic oxidation sites excluding steroid dienone is 1. The fraction of sp³-hybridized carbons (Fsp3) is 0.600. The first kappa shape index (κ1) is 8.19. The third-order valence-corrected chi connectivity index (χ3v) is 1.23. The number of alkyl halides is 3. The van der Waals surface area contributed by atoms with Crippen LogP contribution >= 0.6 is 0 Å². The topological polar surface area (TPSA) is 50.1 Å². The summed E-state index contributed by atoms with van der Waals surface area (Å²) in [5, 5.41) is 4.53. The molecule has 0 fully saturated rings. The maximum Gasteiger partial charge on any atom is 0.432 e. The van der Waals surface area contributed by atoms with Crippen LogP contribution in [-0.4, -0.2) is 18.9 Å². The quantitative estimate of drug-likeness (QED) is 0.471. The first-order valence-electron chi connectivity index (χ1n) is 3.03. The molecule has 0 spiro atoms. The zero-order valence-corrected chi connectivity index (χ0v) is 5.57. The molecule has 0 aromatic carbocycles. The fourth-order valence-electron chi connectivity index (χ4n) is 0.744. The van der Waals surface area contributed by atoms with E-state index in [9.17, 15) is 13.2 Å². The van der Waals surface area contributed by atoms with E-state index in [-0.39, 0.29) is 0 Å². The van der Waals surface area contributed by atoms with Crippen LogP contribution < -0.4 is 16.4 Å². The fourth-order valence-corrected chi connectivity index (χ4v) is 0.744. The Morgan fingerprint density at radius 3 is 2.55 bits per heavy atom. The highest BCUT2D eigenvalue weighted by Gasteiger charge is 2.35. The number of halogens is 3. The van der Waals surface area contributed by atoms with Crippen molar-refractivity contribution in [3.05, 3.63) is 11.9 Å². The molecule has 0 radical (unpaired) electrons. The number of hydrogen-bond donors (Lipinski definition) is 3. The molecule has 4 N–H and O–H groups in total. The van der Waals surface area contributed by atoms with E-state index in [4.69, 9.17) is 5.73 Å². The molecule has 1 aliphatic heterocycles. The number of rotatable bonds is 0. The van der Waals surface area contributed by atoms with Gasteiger partial charge in [-0.1, -0.05) is 0 Å². The maximum absolute atomic E-state index is 11.9. The van der Waals surface area contributed by atoms with Crippen LogP contribution in [0.1, 0.15) is 0 Å². The molecule has 11 heavy (non-hydrogen) atoms. The van der Waals surface area contributed by atoms with Crippen LogP contribution in [0.5, 0.6) is 0 Å². The third kappa shape index (κ3) is 2.01. The van der Waals surface area contributed by atoms with Gasteiger partial charge in [0.1, 0.15) is 5.70 Å². The molecule has 1 unspecified atom stereocenters. The molecule has 1 rings (SSSR count). The smallest absolute Gasteiger partial charge is 0.386 e. The molecule has 1 aliphatic rings. The normalized spacial score (nSPS) is 25.1. The van der Waals surface area contributed by atoms with Crippen LogP contribution in [-0.2, 0) is 0 Å². The van der Waals surface area contributed by atoms with Gasteiger partial charge in [0.25, 0.3) is 0 Å². The molecular weight excluding hydrogens is 159 g/mol. The van der Waals surface area contributed by atoms with Gasteiger partial charge in [-0.3, -0.25) is 0 Å². The van der Waals surface area contributed by atoms with Crippen LogP contribution in [0.3, 0.4) is 0 Å². The van der Waals surface area contributed by atoms with Crippen molar-refractivity contribution in [2.75, 3.05) is 6.54 Å². The molecule has 0 bridgehead atoms. The molecule has 0 aromatic rings. The monoisotopic (exact) mass is 167 g/mol. The summed E-state index contributed by atoms with van der Waals surface area (Å²) in [7, 11) is 0. The zero-order valence-electron chi connectivity index (χ0n) is 5.57. The lowest BCUT2D eigenvalue weighted by Gasteiger charge is -2.24. The Kier molecular flexibility index (Phi) is 1.95. The highest BCUT2D eigenvalue weighted by atomic mass is 19.4. The van der Waals surface area contributed by atoms with Gasteiger partial charge in [-0.25, -0.2) is 0 Å². The minimum absolute atomic E-state index is 0.305. The Labute approximate surface area is 61.4 Å². The molecule has 0 amide bonds. The molecule has 64 valence electrons. The lowest BCUT2D eigenvalue weighted by atomic mass is 10.3. The minimum atomic E-state index is -4.34. The van der Waals surface area contributed by atoms with Gasteiger partial charge >= 0.3 is 6.18 Å². The summed E-state index contributed by atoms with van der Waals surface area (Å²) in [6.45, 7) is 0.305. The molecular formula is C5H8F3N3. The van der Waals surface area contributed by atoms with E-state index in [2.05, 4.69) is 10.6 Å². The van der Waals surface area contributed by atoms with Gasteiger partial charge in [-0.2, -0.15) is 13.2 Å². The van der Waals surface area contributed by atoms with Crippen LogP contribution in [0.4, 0.5) is 13.2 Å². The van der Waals surface area contributed by atoms with Crippen molar-refractivity contribution >= 4 is 0 Å². The average Bonchev–Trinajstić information content (AvgIpc) is 1.86. The van der Waals surface area contributed by atoms with E-state index in [1.54, 1.807) is 0 Å². The molecule has 1 heterocycles. The van der Waals surface area contributed by atoms with Gasteiger partial charge in [-0.15, -0.1) is 0 Å². The predicted octanol–water partition coefficient (Wildman–Crippen LogP) is -0.132. The summed E-state index contributed by atoms with van der Waals surface area (Å²) in [6.07, 6.45) is -4.13. The average molecular weight is 167 g/mol. The van der Waals surface area contributed by atoms with Gasteiger partial charge in [0.15, 0.2) is 0 Å². The predicted molar refractivity (Wildman–Crippen MR) is 33.3 cm³/mol. The third-order valence-electron chi connectivity index (χ3n) is 1.23. The number of nitrogens with one attached hydrogen (secondary N) is 2. The van der Waals surface area contributed by atoms with Crippen LogP contribution in [0, 0.1) is 0 Å². The second-order valence-corrected chi connectivity index (χ2v) is 2.21. The van der Waals surface area contributed by atoms with Crippen molar-refractivity contribution < 1.29 is 13.2 Å². The highest BCUT2D eigenvalue weighted by Crippen LogP contribution is 2.23. The van der Waals surface area contributed by atoms with Gasteiger partial charge in [-0.05, 0) is 0 Å². The summed E-state index contributed by atoms with van der Waals surface area (Å²) < 4.78 is 35.7. The number of nitrogens with two attached hydrogens (primary N) is 1. The molecule has 0 aromatic heterocycles. The maximum atomic E-state index is 11.9. The van der Waals surface area contributed by atoms with Gasteiger partial charge in [0, 0.05) is 12.7 Å². The summed E-state index contributed by atoms with van der Waals surface area (Å²) in [4.78, 5) is 0. The van der Waals surface area contributed by atoms with Gasteiger partial charge in [0.05, 0.1) is 6.17 Å². The lowest BCUT2D eigenvalue weighted by Crippen LogP contribution is -2.50. The molecule has 0 saturated heterocycles. The Balaban J connectivity index is 2.65. The summed E-state index contributed by atoms with van der Waals surface area (Å²) >= 11 is 0. The Bertz CT molecular complexity index is 174. The molecule has 3 nitrogen and oxygen atoms in total. The molecule has 1 atom stereocenters.